The lowest BCUT2D eigenvalue weighted by Crippen LogP contribution is -2.35. The maximum atomic E-state index is 12.2. The molecular formula is C28H36O2. The topological polar surface area (TPSA) is 29.5 Å². The Morgan fingerprint density at radius 1 is 0.833 bits per heavy atom. The van der Waals surface area contributed by atoms with E-state index < -0.39 is 5.60 Å². The van der Waals surface area contributed by atoms with Gasteiger partial charge in [-0.1, -0.05) is 18.9 Å². The number of fused-ring (bicyclic) bond motifs is 9. The van der Waals surface area contributed by atoms with Crippen molar-refractivity contribution in [3.63, 3.8) is 0 Å². The Hall–Kier alpha value is -1.02. The third-order valence-electron chi connectivity index (χ3n) is 11.9. The van der Waals surface area contributed by atoms with Gasteiger partial charge in [-0.25, -0.2) is 0 Å². The first-order valence-electron chi connectivity index (χ1n) is 13.1. The predicted octanol–water partition coefficient (Wildman–Crippen LogP) is 5.73. The highest BCUT2D eigenvalue weighted by atomic mass is 16.5. The molecule has 1 aromatic carbocycles. The second kappa shape index (κ2) is 5.66. The van der Waals surface area contributed by atoms with Gasteiger partial charge < -0.3 is 9.84 Å². The first-order chi connectivity index (χ1) is 14.7. The van der Waals surface area contributed by atoms with Gasteiger partial charge in [0.05, 0.1) is 12.7 Å². The van der Waals surface area contributed by atoms with E-state index in [9.17, 15) is 5.11 Å². The molecule has 2 bridgehead atoms. The zero-order chi connectivity index (χ0) is 19.8. The molecule has 1 N–H and O–H groups in total. The standard InChI is InChI=1S/C28H36O2/c1-30-17-9-14(22-10-15-11-23(22)19-5-2-4-18(15)19)8-16(12-17)28(29)13-24-25-20-6-3-7-21(20)27(28)26(24)25/h8-9,12,15,18-27,29H,2-7,10-11,13H2,1H3. The van der Waals surface area contributed by atoms with Crippen LogP contribution in [0.15, 0.2) is 18.2 Å². The average Bonchev–Trinajstić information content (AvgIpc) is 3.42. The van der Waals surface area contributed by atoms with E-state index in [0.717, 1.165) is 65.4 Å². The van der Waals surface area contributed by atoms with Gasteiger partial charge in [0.2, 0.25) is 0 Å². The quantitative estimate of drug-likeness (QED) is 0.697. The minimum atomic E-state index is -0.591. The SMILES string of the molecule is COc1cc(C2CC3CC2C2CCCC32)cc(C2(O)CC3C4C5CCCC5C2C34)c1. The molecule has 0 saturated heterocycles. The van der Waals surface area contributed by atoms with Gasteiger partial charge in [-0.15, -0.1) is 0 Å². The van der Waals surface area contributed by atoms with Gasteiger partial charge in [-0.2, -0.15) is 0 Å². The zero-order valence-electron chi connectivity index (χ0n) is 18.3. The van der Waals surface area contributed by atoms with Crippen LogP contribution in [-0.2, 0) is 5.60 Å². The van der Waals surface area contributed by atoms with Crippen LogP contribution in [0.1, 0.15) is 74.8 Å². The molecule has 7 saturated carbocycles. The molecular weight excluding hydrogens is 368 g/mol. The number of benzene rings is 1. The fraction of sp³-hybridized carbons (Fsp3) is 0.786. The molecule has 30 heavy (non-hydrogen) atoms. The zero-order valence-corrected chi connectivity index (χ0v) is 18.3. The van der Waals surface area contributed by atoms with Crippen LogP contribution in [0.2, 0.25) is 0 Å². The van der Waals surface area contributed by atoms with Gasteiger partial charge in [0.15, 0.2) is 0 Å². The molecule has 1 aromatic rings. The summed E-state index contributed by atoms with van der Waals surface area (Å²) in [6.07, 6.45) is 12.5. The Morgan fingerprint density at radius 3 is 2.50 bits per heavy atom. The smallest absolute Gasteiger partial charge is 0.119 e. The van der Waals surface area contributed by atoms with E-state index in [4.69, 9.17) is 4.74 Å². The van der Waals surface area contributed by atoms with Crippen molar-refractivity contribution in [2.45, 2.75) is 69.3 Å². The summed E-state index contributed by atoms with van der Waals surface area (Å²) in [5, 5.41) is 12.2. The number of aliphatic hydroxyl groups is 1. The molecule has 160 valence electrons. The lowest BCUT2D eigenvalue weighted by molar-refractivity contribution is -0.0308. The Balaban J connectivity index is 1.18. The molecule has 12 atom stereocenters. The Kier molecular flexibility index (Phi) is 3.31. The number of hydrogen-bond donors (Lipinski definition) is 1. The second-order valence-corrected chi connectivity index (χ2v) is 12.5. The first-order valence-corrected chi connectivity index (χ1v) is 13.1. The van der Waals surface area contributed by atoms with Crippen LogP contribution in [0.25, 0.3) is 0 Å². The van der Waals surface area contributed by atoms with Crippen molar-refractivity contribution in [3.8, 4) is 5.75 Å². The van der Waals surface area contributed by atoms with E-state index in [-0.39, 0.29) is 0 Å². The van der Waals surface area contributed by atoms with Crippen molar-refractivity contribution >= 4 is 0 Å². The molecule has 12 unspecified atom stereocenters. The van der Waals surface area contributed by atoms with Crippen LogP contribution >= 0.6 is 0 Å². The molecule has 8 rings (SSSR count). The molecule has 2 heteroatoms. The van der Waals surface area contributed by atoms with Crippen molar-refractivity contribution in [3.05, 3.63) is 29.3 Å². The van der Waals surface area contributed by atoms with Crippen LogP contribution in [0.5, 0.6) is 5.75 Å². The van der Waals surface area contributed by atoms with E-state index >= 15 is 0 Å². The van der Waals surface area contributed by atoms with Crippen molar-refractivity contribution in [1.29, 1.82) is 0 Å². The summed E-state index contributed by atoms with van der Waals surface area (Å²) < 4.78 is 5.82. The van der Waals surface area contributed by atoms with Gasteiger partial charge in [-0.05, 0) is 133 Å². The van der Waals surface area contributed by atoms with Crippen molar-refractivity contribution in [1.82, 2.24) is 0 Å². The maximum Gasteiger partial charge on any atom is 0.119 e. The summed E-state index contributed by atoms with van der Waals surface area (Å²) in [5.74, 6) is 10.5. The largest absolute Gasteiger partial charge is 0.497 e. The molecule has 0 aromatic heterocycles. The summed E-state index contributed by atoms with van der Waals surface area (Å²) in [6, 6.07) is 6.99. The van der Waals surface area contributed by atoms with E-state index in [1.165, 1.54) is 62.5 Å². The highest BCUT2D eigenvalue weighted by Crippen LogP contribution is 2.79. The normalized spacial score (nSPS) is 56.3. The molecule has 0 radical (unpaired) electrons. The fourth-order valence-corrected chi connectivity index (χ4v) is 11.2. The molecule has 0 spiro atoms. The van der Waals surface area contributed by atoms with Crippen molar-refractivity contribution in [2.75, 3.05) is 7.11 Å². The summed E-state index contributed by atoms with van der Waals surface area (Å²) in [7, 11) is 1.81. The molecule has 7 aliphatic rings. The van der Waals surface area contributed by atoms with Crippen molar-refractivity contribution in [2.24, 2.45) is 59.2 Å². The highest BCUT2D eigenvalue weighted by molar-refractivity contribution is 5.43. The number of methoxy groups -OCH3 is 1. The Bertz CT molecular complexity index is 908. The monoisotopic (exact) mass is 404 g/mol. The lowest BCUT2D eigenvalue weighted by Gasteiger charge is -2.36. The maximum absolute atomic E-state index is 12.2. The fourth-order valence-electron chi connectivity index (χ4n) is 11.2. The summed E-state index contributed by atoms with van der Waals surface area (Å²) in [5.41, 5.74) is 2.12. The minimum absolute atomic E-state index is 0.527. The molecule has 7 aliphatic carbocycles. The number of ether oxygens (including phenoxy) is 1. The molecule has 0 aliphatic heterocycles. The average molecular weight is 405 g/mol. The van der Waals surface area contributed by atoms with Crippen molar-refractivity contribution < 1.29 is 9.84 Å². The van der Waals surface area contributed by atoms with E-state index in [0.29, 0.717) is 11.8 Å². The van der Waals surface area contributed by atoms with Gasteiger partial charge in [-0.3, -0.25) is 0 Å². The molecule has 0 heterocycles. The van der Waals surface area contributed by atoms with Crippen LogP contribution in [-0.4, -0.2) is 12.2 Å². The summed E-state index contributed by atoms with van der Waals surface area (Å²) in [4.78, 5) is 0. The number of hydrogen-bond acceptors (Lipinski definition) is 2. The number of rotatable bonds is 3. The first kappa shape index (κ1) is 17.5. The minimum Gasteiger partial charge on any atom is -0.497 e. The Morgan fingerprint density at radius 2 is 1.63 bits per heavy atom. The van der Waals surface area contributed by atoms with Gasteiger partial charge in [0.25, 0.3) is 0 Å². The van der Waals surface area contributed by atoms with E-state index in [2.05, 4.69) is 18.2 Å². The third-order valence-corrected chi connectivity index (χ3v) is 11.9. The van der Waals surface area contributed by atoms with Crippen LogP contribution in [0.3, 0.4) is 0 Å². The van der Waals surface area contributed by atoms with Gasteiger partial charge >= 0.3 is 0 Å². The molecule has 0 amide bonds. The van der Waals surface area contributed by atoms with Crippen LogP contribution in [0, 0.1) is 59.2 Å². The second-order valence-electron chi connectivity index (χ2n) is 12.5. The summed E-state index contributed by atoms with van der Waals surface area (Å²) in [6.45, 7) is 0. The van der Waals surface area contributed by atoms with E-state index in [1.807, 2.05) is 7.11 Å². The van der Waals surface area contributed by atoms with E-state index in [1.54, 1.807) is 0 Å². The van der Waals surface area contributed by atoms with Crippen LogP contribution in [0.4, 0.5) is 0 Å². The summed E-state index contributed by atoms with van der Waals surface area (Å²) >= 11 is 0. The van der Waals surface area contributed by atoms with Crippen LogP contribution < -0.4 is 4.74 Å². The molecule has 7 fully saturated rings. The molecule has 2 nitrogen and oxygen atoms in total. The highest BCUT2D eigenvalue weighted by Gasteiger charge is 2.76. The third kappa shape index (κ3) is 1.98. The van der Waals surface area contributed by atoms with Gasteiger partial charge in [0.1, 0.15) is 5.75 Å². The van der Waals surface area contributed by atoms with Gasteiger partial charge in [0, 0.05) is 0 Å². The lowest BCUT2D eigenvalue weighted by atomic mass is 9.71. The Labute approximate surface area is 180 Å². The predicted molar refractivity (Wildman–Crippen MR) is 116 cm³/mol.